The summed E-state index contributed by atoms with van der Waals surface area (Å²) in [5.74, 6) is 0.599. The highest BCUT2D eigenvalue weighted by atomic mass is 35.5. The van der Waals surface area contributed by atoms with E-state index in [2.05, 4.69) is 24.9 Å². The van der Waals surface area contributed by atoms with E-state index in [0.717, 1.165) is 49.7 Å². The minimum Gasteiger partial charge on any atom is -0.478 e. The summed E-state index contributed by atoms with van der Waals surface area (Å²) >= 11 is 7.97. The molecule has 0 spiro atoms. The number of aryl methyl sites for hydroxylation is 1. The minimum absolute atomic E-state index is 0.0880. The Bertz CT molecular complexity index is 1260. The van der Waals surface area contributed by atoms with Crippen LogP contribution in [-0.4, -0.2) is 24.8 Å². The molecule has 0 saturated heterocycles. The van der Waals surface area contributed by atoms with Crippen LogP contribution < -0.4 is 10.1 Å². The molecule has 1 unspecified atom stereocenters. The molecule has 1 N–H and O–H groups in total. The van der Waals surface area contributed by atoms with Crippen molar-refractivity contribution in [1.82, 2.24) is 0 Å². The number of allylic oxidation sites excluding steroid dienone is 1. The smallest absolute Gasteiger partial charge is 0.265 e. The molecule has 3 aromatic rings. The maximum atomic E-state index is 12.5. The molecule has 0 radical (unpaired) electrons. The summed E-state index contributed by atoms with van der Waals surface area (Å²) in [7, 11) is 1.82. The third-order valence-corrected chi connectivity index (χ3v) is 7.17. The molecule has 4 rings (SSSR count). The van der Waals surface area contributed by atoms with Crippen molar-refractivity contribution in [1.29, 1.82) is 0 Å². The predicted octanol–water partition coefficient (Wildman–Crippen LogP) is 6.95. The highest BCUT2D eigenvalue weighted by Crippen LogP contribution is 2.39. The third-order valence-electron chi connectivity index (χ3n) is 5.66. The van der Waals surface area contributed by atoms with Crippen LogP contribution in [0.25, 0.3) is 10.1 Å². The van der Waals surface area contributed by atoms with Crippen molar-refractivity contribution in [2.24, 2.45) is 4.99 Å². The second kappa shape index (κ2) is 9.08. The van der Waals surface area contributed by atoms with Crippen LogP contribution in [0.5, 0.6) is 5.75 Å². The summed E-state index contributed by atoms with van der Waals surface area (Å²) in [5.41, 5.74) is 5.87. The molecule has 32 heavy (non-hydrogen) atoms. The summed E-state index contributed by atoms with van der Waals surface area (Å²) in [4.78, 5) is 18.3. The minimum atomic E-state index is -0.470. The van der Waals surface area contributed by atoms with Crippen molar-refractivity contribution in [3.05, 3.63) is 69.1 Å². The number of amides is 1. The molecule has 0 aliphatic carbocycles. The molecule has 2 heterocycles. The standard InChI is InChI=1S/C26H27ClN2O2S/c1-6-7-21-26(30)29-20-11-16(10-14(2)3)19(13-22(20)31-21)24(28-5)25-15(4)18-12-17(27)8-9-23(18)32-25/h8-9,11-13,21H,2,6-7,10H2,1,3-5H3,(H,29,30). The SMILES string of the molecule is C=C(C)Cc1cc2c(cc1C(=NC)c1sc3ccc(Cl)cc3c1C)OC(CCC)C(=O)N2. The van der Waals surface area contributed by atoms with Gasteiger partial charge >= 0.3 is 0 Å². The van der Waals surface area contributed by atoms with Crippen LogP contribution in [-0.2, 0) is 11.2 Å². The van der Waals surface area contributed by atoms with E-state index in [0.29, 0.717) is 24.3 Å². The number of fused-ring (bicyclic) bond motifs is 2. The first-order valence-electron chi connectivity index (χ1n) is 10.8. The zero-order chi connectivity index (χ0) is 23.0. The number of nitrogens with one attached hydrogen (secondary N) is 1. The Balaban J connectivity index is 1.87. The van der Waals surface area contributed by atoms with Gasteiger partial charge in [-0.25, -0.2) is 0 Å². The van der Waals surface area contributed by atoms with Gasteiger partial charge in [-0.1, -0.05) is 37.1 Å². The molecule has 6 heteroatoms. The monoisotopic (exact) mass is 466 g/mol. The van der Waals surface area contributed by atoms with Crippen molar-refractivity contribution in [3.63, 3.8) is 0 Å². The quantitative estimate of drug-likeness (QED) is 0.315. The van der Waals surface area contributed by atoms with Gasteiger partial charge in [-0.3, -0.25) is 9.79 Å². The van der Waals surface area contributed by atoms with E-state index in [1.807, 2.05) is 45.2 Å². The summed E-state index contributed by atoms with van der Waals surface area (Å²) in [6.07, 6.45) is 1.77. The van der Waals surface area contributed by atoms with E-state index in [-0.39, 0.29) is 5.91 Å². The van der Waals surface area contributed by atoms with E-state index in [1.54, 1.807) is 11.3 Å². The Kier molecular flexibility index (Phi) is 6.40. The number of anilines is 1. The van der Waals surface area contributed by atoms with Gasteiger partial charge < -0.3 is 10.1 Å². The lowest BCUT2D eigenvalue weighted by Gasteiger charge is -2.27. The fraction of sp³-hybridized carbons (Fsp3) is 0.308. The lowest BCUT2D eigenvalue weighted by atomic mass is 9.94. The van der Waals surface area contributed by atoms with Crippen LogP contribution in [0.2, 0.25) is 5.02 Å². The molecule has 1 atom stereocenters. The first-order chi connectivity index (χ1) is 15.3. The van der Waals surface area contributed by atoms with Gasteiger partial charge in [-0.15, -0.1) is 11.3 Å². The van der Waals surface area contributed by atoms with E-state index < -0.39 is 6.10 Å². The molecule has 2 aromatic carbocycles. The maximum Gasteiger partial charge on any atom is 0.265 e. The number of carbonyl (C=O) groups excluding carboxylic acids is 1. The molecule has 0 saturated carbocycles. The van der Waals surface area contributed by atoms with Gasteiger partial charge in [0, 0.05) is 22.3 Å². The summed E-state index contributed by atoms with van der Waals surface area (Å²) in [6, 6.07) is 10.0. The molecular weight excluding hydrogens is 440 g/mol. The fourth-order valence-electron chi connectivity index (χ4n) is 4.15. The van der Waals surface area contributed by atoms with E-state index in [1.165, 1.54) is 4.70 Å². The van der Waals surface area contributed by atoms with Crippen LogP contribution in [0.3, 0.4) is 0 Å². The van der Waals surface area contributed by atoms with Crippen LogP contribution in [0.4, 0.5) is 5.69 Å². The Hall–Kier alpha value is -2.63. The highest BCUT2D eigenvalue weighted by molar-refractivity contribution is 7.21. The van der Waals surface area contributed by atoms with Crippen molar-refractivity contribution in [2.75, 3.05) is 12.4 Å². The molecular formula is C26H27ClN2O2S. The van der Waals surface area contributed by atoms with Crippen molar-refractivity contribution in [3.8, 4) is 5.75 Å². The summed E-state index contributed by atoms with van der Waals surface area (Å²) in [5, 5.41) is 4.89. The summed E-state index contributed by atoms with van der Waals surface area (Å²) in [6.45, 7) is 10.3. The number of nitrogens with zero attached hydrogens (tertiary/aromatic N) is 1. The average Bonchev–Trinajstić information content (AvgIpc) is 3.05. The Morgan fingerprint density at radius 3 is 2.78 bits per heavy atom. The van der Waals surface area contributed by atoms with Crippen molar-refractivity contribution < 1.29 is 9.53 Å². The lowest BCUT2D eigenvalue weighted by Crippen LogP contribution is -2.37. The fourth-order valence-corrected chi connectivity index (χ4v) is 5.56. The zero-order valence-electron chi connectivity index (χ0n) is 18.8. The van der Waals surface area contributed by atoms with Crippen LogP contribution in [0.1, 0.15) is 48.3 Å². The number of thiophene rings is 1. The Morgan fingerprint density at radius 2 is 2.09 bits per heavy atom. The Morgan fingerprint density at radius 1 is 1.31 bits per heavy atom. The highest BCUT2D eigenvalue weighted by Gasteiger charge is 2.29. The number of ether oxygens (including phenoxy) is 1. The normalized spacial score (nSPS) is 16.0. The molecule has 1 aliphatic rings. The summed E-state index contributed by atoms with van der Waals surface area (Å²) < 4.78 is 7.29. The van der Waals surface area contributed by atoms with E-state index in [4.69, 9.17) is 21.3 Å². The second-order valence-electron chi connectivity index (χ2n) is 8.29. The van der Waals surface area contributed by atoms with Crippen LogP contribution in [0.15, 0.2) is 47.5 Å². The molecule has 0 fully saturated rings. The number of hydrogen-bond acceptors (Lipinski definition) is 4. The molecule has 166 valence electrons. The largest absolute Gasteiger partial charge is 0.478 e. The first-order valence-corrected chi connectivity index (χ1v) is 12.0. The topological polar surface area (TPSA) is 50.7 Å². The number of halogens is 1. The van der Waals surface area contributed by atoms with Crippen molar-refractivity contribution >= 4 is 50.3 Å². The number of aliphatic imine (C=N–C) groups is 1. The zero-order valence-corrected chi connectivity index (χ0v) is 20.4. The van der Waals surface area contributed by atoms with Gasteiger partial charge in [0.25, 0.3) is 5.91 Å². The van der Waals surface area contributed by atoms with Crippen molar-refractivity contribution in [2.45, 2.75) is 46.1 Å². The number of carbonyl (C=O) groups is 1. The van der Waals surface area contributed by atoms with Crippen LogP contribution in [0, 0.1) is 6.92 Å². The van der Waals surface area contributed by atoms with Crippen LogP contribution >= 0.6 is 22.9 Å². The molecule has 1 aliphatic heterocycles. The second-order valence-corrected chi connectivity index (χ2v) is 9.78. The van der Waals surface area contributed by atoms with E-state index >= 15 is 0 Å². The van der Waals surface area contributed by atoms with Gasteiger partial charge in [0.15, 0.2) is 6.10 Å². The lowest BCUT2D eigenvalue weighted by molar-refractivity contribution is -0.123. The van der Waals surface area contributed by atoms with E-state index in [9.17, 15) is 4.79 Å². The Labute approximate surface area is 198 Å². The molecule has 4 nitrogen and oxygen atoms in total. The third kappa shape index (κ3) is 4.19. The predicted molar refractivity (Wildman–Crippen MR) is 136 cm³/mol. The molecule has 1 aromatic heterocycles. The van der Waals surface area contributed by atoms with Gasteiger partial charge in [0.05, 0.1) is 16.3 Å². The number of rotatable bonds is 6. The van der Waals surface area contributed by atoms with Gasteiger partial charge in [0.1, 0.15) is 5.75 Å². The maximum absolute atomic E-state index is 12.5. The van der Waals surface area contributed by atoms with Gasteiger partial charge in [-0.05, 0) is 73.5 Å². The first kappa shape index (κ1) is 22.6. The molecule has 1 amide bonds. The van der Waals surface area contributed by atoms with Gasteiger partial charge in [0.2, 0.25) is 0 Å². The average molecular weight is 467 g/mol. The van der Waals surface area contributed by atoms with Gasteiger partial charge in [-0.2, -0.15) is 0 Å². The number of benzene rings is 2. The molecule has 0 bridgehead atoms. The number of hydrogen-bond donors (Lipinski definition) is 1.